The minimum Gasteiger partial charge on any atom is -0.485 e. The van der Waals surface area contributed by atoms with Crippen LogP contribution in [0.25, 0.3) is 11.0 Å². The first-order chi connectivity index (χ1) is 10.1. The minimum absolute atomic E-state index is 0.108. The lowest BCUT2D eigenvalue weighted by Crippen LogP contribution is -2.29. The highest BCUT2D eigenvalue weighted by Crippen LogP contribution is 2.51. The Labute approximate surface area is 127 Å². The van der Waals surface area contributed by atoms with Crippen molar-refractivity contribution in [3.8, 4) is 11.5 Å². The molecule has 2 aromatic rings. The normalized spacial score (nSPS) is 19.7. The van der Waals surface area contributed by atoms with Gasteiger partial charge in [0.2, 0.25) is 0 Å². The summed E-state index contributed by atoms with van der Waals surface area (Å²) in [4.78, 5) is 11.6. The van der Waals surface area contributed by atoms with Gasteiger partial charge in [-0.2, -0.15) is 8.42 Å². The van der Waals surface area contributed by atoms with Crippen molar-refractivity contribution in [3.05, 3.63) is 34.2 Å². The summed E-state index contributed by atoms with van der Waals surface area (Å²) in [5, 5.41) is 0.586. The zero-order chi connectivity index (χ0) is 16.3. The lowest BCUT2D eigenvalue weighted by molar-refractivity contribution is 0.183. The number of hydrogen-bond acceptors (Lipinski definition) is 6. The number of rotatable bonds is 2. The first-order valence-corrected chi connectivity index (χ1v) is 8.59. The molecule has 3 rings (SSSR count). The fourth-order valence-electron chi connectivity index (χ4n) is 2.62. The van der Waals surface area contributed by atoms with E-state index in [1.165, 1.54) is 12.1 Å². The number of fused-ring (bicyclic) bond motifs is 3. The van der Waals surface area contributed by atoms with Gasteiger partial charge < -0.3 is 13.3 Å². The summed E-state index contributed by atoms with van der Waals surface area (Å²) >= 11 is 0. The van der Waals surface area contributed by atoms with E-state index < -0.39 is 21.2 Å². The van der Waals surface area contributed by atoms with Crippen molar-refractivity contribution in [1.29, 1.82) is 0 Å². The second-order valence-electron chi connectivity index (χ2n) is 6.02. The van der Waals surface area contributed by atoms with Gasteiger partial charge in [0.1, 0.15) is 11.7 Å². The first-order valence-electron chi connectivity index (χ1n) is 6.77. The fraction of sp³-hybridized carbons (Fsp3) is 0.400. The van der Waals surface area contributed by atoms with Crippen LogP contribution >= 0.6 is 0 Å². The summed E-state index contributed by atoms with van der Waals surface area (Å²) in [6, 6.07) is 4.37. The van der Waals surface area contributed by atoms with Gasteiger partial charge in [0.05, 0.1) is 11.8 Å². The fourth-order valence-corrected chi connectivity index (χ4v) is 3.07. The Bertz CT molecular complexity index is 923. The number of benzene rings is 1. The quantitative estimate of drug-likeness (QED) is 0.622. The molecule has 0 radical (unpaired) electrons. The van der Waals surface area contributed by atoms with Crippen LogP contribution in [0.15, 0.2) is 27.4 Å². The van der Waals surface area contributed by atoms with E-state index in [1.54, 1.807) is 6.07 Å². The lowest BCUT2D eigenvalue weighted by Gasteiger charge is -2.22. The molecule has 0 spiro atoms. The molecule has 22 heavy (non-hydrogen) atoms. The van der Waals surface area contributed by atoms with Gasteiger partial charge in [-0.05, 0) is 19.1 Å². The second kappa shape index (κ2) is 4.49. The molecule has 1 atom stereocenters. The Balaban J connectivity index is 2.41. The Kier molecular flexibility index (Phi) is 3.04. The Morgan fingerprint density at radius 1 is 1.27 bits per heavy atom. The molecule has 1 aromatic carbocycles. The Morgan fingerprint density at radius 2 is 1.95 bits per heavy atom. The van der Waals surface area contributed by atoms with Gasteiger partial charge in [-0.25, -0.2) is 4.79 Å². The molecule has 0 amide bonds. The van der Waals surface area contributed by atoms with Crippen LogP contribution in [-0.4, -0.2) is 20.8 Å². The summed E-state index contributed by atoms with van der Waals surface area (Å²) in [6.45, 7) is 5.76. The molecule has 0 aliphatic carbocycles. The van der Waals surface area contributed by atoms with Crippen LogP contribution in [0.3, 0.4) is 0 Å². The average Bonchev–Trinajstić information content (AvgIpc) is 2.60. The van der Waals surface area contributed by atoms with Crippen LogP contribution in [0.5, 0.6) is 11.5 Å². The summed E-state index contributed by atoms with van der Waals surface area (Å²) in [6.07, 6.45) is 0.749. The van der Waals surface area contributed by atoms with E-state index in [4.69, 9.17) is 13.3 Å². The summed E-state index contributed by atoms with van der Waals surface area (Å²) in [5.74, 6) is 0.418. The van der Waals surface area contributed by atoms with E-state index in [0.29, 0.717) is 22.3 Å². The van der Waals surface area contributed by atoms with Crippen molar-refractivity contribution in [2.45, 2.75) is 32.3 Å². The first kappa shape index (κ1) is 14.9. The molecular formula is C15H16O6S. The molecule has 1 aliphatic heterocycles. The maximum absolute atomic E-state index is 11.6. The molecule has 0 fully saturated rings. The SMILES string of the molecule is CC1Oc2c(OS(C)(=O)=O)cc3ccc(=O)oc3c2C1(C)C. The highest BCUT2D eigenvalue weighted by atomic mass is 32.2. The van der Waals surface area contributed by atoms with Crippen LogP contribution in [0.2, 0.25) is 0 Å². The average molecular weight is 324 g/mol. The van der Waals surface area contributed by atoms with Crippen LogP contribution in [0, 0.1) is 0 Å². The smallest absolute Gasteiger partial charge is 0.336 e. The van der Waals surface area contributed by atoms with Gasteiger partial charge >= 0.3 is 15.7 Å². The van der Waals surface area contributed by atoms with E-state index in [0.717, 1.165) is 6.26 Å². The summed E-state index contributed by atoms with van der Waals surface area (Å²) < 4.78 is 39.1. The van der Waals surface area contributed by atoms with Crippen molar-refractivity contribution >= 4 is 21.1 Å². The highest BCUT2D eigenvalue weighted by Gasteiger charge is 2.43. The van der Waals surface area contributed by atoms with E-state index >= 15 is 0 Å². The molecule has 2 heterocycles. The predicted molar refractivity (Wildman–Crippen MR) is 81.1 cm³/mol. The number of hydrogen-bond donors (Lipinski definition) is 0. The van der Waals surface area contributed by atoms with Crippen LogP contribution in [0.4, 0.5) is 0 Å². The monoisotopic (exact) mass is 324 g/mol. The standard InChI is InChI=1S/C15H16O6S/c1-8-15(2,3)12-13-9(5-6-11(16)20-13)7-10(14(12)19-8)21-22(4,17)18/h5-8H,1-4H3. The van der Waals surface area contributed by atoms with Crippen molar-refractivity contribution in [2.75, 3.05) is 6.26 Å². The van der Waals surface area contributed by atoms with E-state index in [-0.39, 0.29) is 11.9 Å². The third kappa shape index (κ3) is 2.25. The van der Waals surface area contributed by atoms with Gasteiger partial charge in [0.25, 0.3) is 0 Å². The topological polar surface area (TPSA) is 82.8 Å². The van der Waals surface area contributed by atoms with Crippen molar-refractivity contribution in [1.82, 2.24) is 0 Å². The molecule has 1 unspecified atom stereocenters. The molecule has 118 valence electrons. The highest BCUT2D eigenvalue weighted by molar-refractivity contribution is 7.86. The van der Waals surface area contributed by atoms with Gasteiger partial charge in [0.15, 0.2) is 11.5 Å². The zero-order valence-electron chi connectivity index (χ0n) is 12.7. The van der Waals surface area contributed by atoms with E-state index in [1.807, 2.05) is 20.8 Å². The largest absolute Gasteiger partial charge is 0.485 e. The van der Waals surface area contributed by atoms with Crippen LogP contribution in [0.1, 0.15) is 26.3 Å². The molecular weight excluding hydrogens is 308 g/mol. The minimum atomic E-state index is -3.70. The van der Waals surface area contributed by atoms with Gasteiger partial charge in [-0.15, -0.1) is 0 Å². The maximum Gasteiger partial charge on any atom is 0.336 e. The maximum atomic E-state index is 11.6. The molecule has 0 saturated heterocycles. The van der Waals surface area contributed by atoms with Gasteiger partial charge in [-0.3, -0.25) is 0 Å². The van der Waals surface area contributed by atoms with Crippen LogP contribution < -0.4 is 14.5 Å². The van der Waals surface area contributed by atoms with Crippen molar-refractivity contribution < 1.29 is 21.8 Å². The third-order valence-corrected chi connectivity index (χ3v) is 4.51. The molecule has 0 bridgehead atoms. The molecule has 0 saturated carbocycles. The molecule has 7 heteroatoms. The number of ether oxygens (including phenoxy) is 1. The van der Waals surface area contributed by atoms with E-state index in [2.05, 4.69) is 0 Å². The predicted octanol–water partition coefficient (Wildman–Crippen LogP) is 2.19. The molecule has 0 N–H and O–H groups in total. The zero-order valence-corrected chi connectivity index (χ0v) is 13.5. The second-order valence-corrected chi connectivity index (χ2v) is 7.60. The van der Waals surface area contributed by atoms with E-state index in [9.17, 15) is 13.2 Å². The third-order valence-electron chi connectivity index (χ3n) is 4.02. The van der Waals surface area contributed by atoms with Crippen molar-refractivity contribution in [2.24, 2.45) is 0 Å². The Hall–Kier alpha value is -2.02. The molecule has 1 aromatic heterocycles. The lowest BCUT2D eigenvalue weighted by atomic mass is 9.81. The molecule has 6 nitrogen and oxygen atoms in total. The molecule has 1 aliphatic rings. The van der Waals surface area contributed by atoms with Gasteiger partial charge in [0, 0.05) is 16.9 Å². The summed E-state index contributed by atoms with van der Waals surface area (Å²) in [5.41, 5.74) is 0.121. The van der Waals surface area contributed by atoms with Gasteiger partial charge in [-0.1, -0.05) is 13.8 Å². The van der Waals surface area contributed by atoms with Crippen LogP contribution in [-0.2, 0) is 15.5 Å². The Morgan fingerprint density at radius 3 is 2.59 bits per heavy atom. The van der Waals surface area contributed by atoms with Crippen molar-refractivity contribution in [3.63, 3.8) is 0 Å². The summed E-state index contributed by atoms with van der Waals surface area (Å²) in [7, 11) is -3.70.